The van der Waals surface area contributed by atoms with Gasteiger partial charge < -0.3 is 10.6 Å². The molecule has 37 heavy (non-hydrogen) atoms. The number of nitriles is 1. The van der Waals surface area contributed by atoms with Gasteiger partial charge in [-0.2, -0.15) is 5.26 Å². The molecule has 0 fully saturated rings. The molecule has 8 heteroatoms. The number of carbonyl (C=O) groups is 2. The van der Waals surface area contributed by atoms with Crippen molar-refractivity contribution in [2.24, 2.45) is 0 Å². The number of Topliss-reactive ketones (excluding diaryl/α,β-unsaturated/α-hetero) is 1. The lowest BCUT2D eigenvalue weighted by molar-refractivity contribution is -0.113. The van der Waals surface area contributed by atoms with Crippen LogP contribution in [0.3, 0.4) is 0 Å². The first-order valence-corrected chi connectivity index (χ1v) is 12.8. The first-order chi connectivity index (χ1) is 17.8. The Bertz CT molecular complexity index is 1470. The quantitative estimate of drug-likeness (QED) is 0.330. The fourth-order valence-corrected chi connectivity index (χ4v) is 5.34. The SMILES string of the molecule is CC1=C(C(=O)Nc2ccccc2C)[C@@H](c2ccccc2Cl)C(C#N)=C(SCC(=O)c2ccc(F)cc2)N1. The number of benzene rings is 3. The van der Waals surface area contributed by atoms with Gasteiger partial charge in [-0.05, 0) is 61.4 Å². The molecule has 2 N–H and O–H groups in total. The van der Waals surface area contributed by atoms with Gasteiger partial charge in [-0.3, -0.25) is 9.59 Å². The molecular formula is C29H23ClFN3O2S. The lowest BCUT2D eigenvalue weighted by atomic mass is 9.82. The number of carbonyl (C=O) groups excluding carboxylic acids is 2. The van der Waals surface area contributed by atoms with E-state index in [-0.39, 0.29) is 23.0 Å². The van der Waals surface area contributed by atoms with Crippen LogP contribution in [0.2, 0.25) is 5.02 Å². The summed E-state index contributed by atoms with van der Waals surface area (Å²) in [5.74, 6) is -1.72. The van der Waals surface area contributed by atoms with Crippen LogP contribution in [0.25, 0.3) is 0 Å². The Morgan fingerprint density at radius 1 is 1.05 bits per heavy atom. The predicted octanol–water partition coefficient (Wildman–Crippen LogP) is 6.74. The minimum absolute atomic E-state index is 0.0202. The molecule has 1 aliphatic rings. The van der Waals surface area contributed by atoms with E-state index in [4.69, 9.17) is 11.6 Å². The summed E-state index contributed by atoms with van der Waals surface area (Å²) in [5, 5.41) is 17.2. The van der Waals surface area contributed by atoms with E-state index in [9.17, 15) is 19.2 Å². The summed E-state index contributed by atoms with van der Waals surface area (Å²) in [6.45, 7) is 3.65. The number of hydrogen-bond acceptors (Lipinski definition) is 5. The molecule has 1 atom stereocenters. The number of rotatable bonds is 7. The number of allylic oxidation sites excluding steroid dienone is 2. The van der Waals surface area contributed by atoms with Crippen molar-refractivity contribution < 1.29 is 14.0 Å². The van der Waals surface area contributed by atoms with E-state index < -0.39 is 11.7 Å². The van der Waals surface area contributed by atoms with Crippen molar-refractivity contribution in [3.8, 4) is 6.07 Å². The molecule has 186 valence electrons. The number of aryl methyl sites for hydroxylation is 1. The number of nitrogens with one attached hydrogen (secondary N) is 2. The molecule has 0 bridgehead atoms. The molecule has 5 nitrogen and oxygen atoms in total. The molecule has 0 aliphatic carbocycles. The van der Waals surface area contributed by atoms with Crippen molar-refractivity contribution in [3.63, 3.8) is 0 Å². The van der Waals surface area contributed by atoms with Crippen molar-refractivity contribution in [2.45, 2.75) is 19.8 Å². The van der Waals surface area contributed by atoms with Crippen LogP contribution in [0.15, 0.2) is 94.7 Å². The lowest BCUT2D eigenvalue weighted by Gasteiger charge is -2.30. The van der Waals surface area contributed by atoms with Gasteiger partial charge in [0.05, 0.1) is 28.3 Å². The zero-order valence-corrected chi connectivity index (χ0v) is 21.7. The zero-order valence-electron chi connectivity index (χ0n) is 20.1. The van der Waals surface area contributed by atoms with Gasteiger partial charge in [0.1, 0.15) is 5.82 Å². The Hall–Kier alpha value is -3.86. The number of para-hydroxylation sites is 1. The third-order valence-corrected chi connectivity index (χ3v) is 7.38. The maximum atomic E-state index is 13.6. The average molecular weight is 532 g/mol. The normalized spacial score (nSPS) is 15.2. The second-order valence-corrected chi connectivity index (χ2v) is 9.85. The van der Waals surface area contributed by atoms with Gasteiger partial charge in [-0.25, -0.2) is 4.39 Å². The predicted molar refractivity (Wildman–Crippen MR) is 146 cm³/mol. The average Bonchev–Trinajstić information content (AvgIpc) is 2.88. The van der Waals surface area contributed by atoms with Crippen LogP contribution >= 0.6 is 23.4 Å². The van der Waals surface area contributed by atoms with Crippen LogP contribution in [0, 0.1) is 24.1 Å². The maximum Gasteiger partial charge on any atom is 0.254 e. The highest BCUT2D eigenvalue weighted by Gasteiger charge is 2.36. The van der Waals surface area contributed by atoms with E-state index >= 15 is 0 Å². The van der Waals surface area contributed by atoms with E-state index in [2.05, 4.69) is 16.7 Å². The Morgan fingerprint density at radius 3 is 2.41 bits per heavy atom. The summed E-state index contributed by atoms with van der Waals surface area (Å²) in [5.41, 5.74) is 3.74. The summed E-state index contributed by atoms with van der Waals surface area (Å²) < 4.78 is 13.2. The first kappa shape index (κ1) is 26.2. The van der Waals surface area contributed by atoms with Gasteiger partial charge in [0.25, 0.3) is 5.91 Å². The Labute approximate surface area is 224 Å². The fourth-order valence-electron chi connectivity index (χ4n) is 4.11. The number of ketones is 1. The van der Waals surface area contributed by atoms with Gasteiger partial charge >= 0.3 is 0 Å². The van der Waals surface area contributed by atoms with Crippen LogP contribution < -0.4 is 10.6 Å². The minimum atomic E-state index is -0.743. The van der Waals surface area contributed by atoms with Crippen molar-refractivity contribution in [1.82, 2.24) is 5.32 Å². The van der Waals surface area contributed by atoms with Crippen LogP contribution in [0.1, 0.15) is 34.3 Å². The van der Waals surface area contributed by atoms with Crippen LogP contribution in [0.4, 0.5) is 10.1 Å². The monoisotopic (exact) mass is 531 g/mol. The highest BCUT2D eigenvalue weighted by molar-refractivity contribution is 8.03. The highest BCUT2D eigenvalue weighted by atomic mass is 35.5. The molecule has 1 heterocycles. The molecule has 1 aliphatic heterocycles. The molecule has 3 aromatic rings. The van der Waals surface area contributed by atoms with Crippen LogP contribution in [0.5, 0.6) is 0 Å². The Morgan fingerprint density at radius 2 is 1.73 bits per heavy atom. The number of hydrogen-bond donors (Lipinski definition) is 2. The molecule has 0 aromatic heterocycles. The van der Waals surface area contributed by atoms with Crippen molar-refractivity contribution in [1.29, 1.82) is 5.26 Å². The van der Waals surface area contributed by atoms with E-state index in [0.717, 1.165) is 17.3 Å². The molecule has 0 saturated carbocycles. The lowest BCUT2D eigenvalue weighted by Crippen LogP contribution is -2.31. The maximum absolute atomic E-state index is 13.6. The third kappa shape index (κ3) is 5.77. The largest absolute Gasteiger partial charge is 0.353 e. The van der Waals surface area contributed by atoms with Crippen molar-refractivity contribution in [2.75, 3.05) is 11.1 Å². The summed E-state index contributed by atoms with van der Waals surface area (Å²) in [6, 6.07) is 22.1. The van der Waals surface area contributed by atoms with E-state index in [1.54, 1.807) is 31.2 Å². The fraction of sp³-hybridized carbons (Fsp3) is 0.138. The van der Waals surface area contributed by atoms with Gasteiger partial charge in [0, 0.05) is 27.5 Å². The van der Waals surface area contributed by atoms with Crippen LogP contribution in [-0.4, -0.2) is 17.4 Å². The molecule has 0 unspecified atom stereocenters. The molecule has 3 aromatic carbocycles. The molecule has 0 spiro atoms. The van der Waals surface area contributed by atoms with Gasteiger partial charge in [-0.15, -0.1) is 0 Å². The number of dihydropyridines is 1. The summed E-state index contributed by atoms with van der Waals surface area (Å²) in [7, 11) is 0. The molecular weight excluding hydrogens is 509 g/mol. The number of anilines is 1. The van der Waals surface area contributed by atoms with E-state index in [0.29, 0.717) is 38.1 Å². The number of halogens is 2. The van der Waals surface area contributed by atoms with Gasteiger partial charge in [0.2, 0.25) is 0 Å². The Kier molecular flexibility index (Phi) is 8.12. The van der Waals surface area contributed by atoms with E-state index in [1.165, 1.54) is 24.3 Å². The molecule has 0 saturated heterocycles. The van der Waals surface area contributed by atoms with Gasteiger partial charge in [-0.1, -0.05) is 59.8 Å². The van der Waals surface area contributed by atoms with E-state index in [1.807, 2.05) is 31.2 Å². The standard InChI is InChI=1S/C29H23ClFN3O2S/c1-17-7-3-6-10-24(17)34-28(36)26-18(2)33-29(37-16-25(35)19-11-13-20(31)14-12-19)22(15-32)27(26)21-8-4-5-9-23(21)30/h3-14,27,33H,16H2,1-2H3,(H,34,36)/t27-/m0/s1. The summed E-state index contributed by atoms with van der Waals surface area (Å²) >= 11 is 7.71. The third-order valence-electron chi connectivity index (χ3n) is 6.02. The topological polar surface area (TPSA) is 82.0 Å². The molecule has 4 rings (SSSR count). The highest BCUT2D eigenvalue weighted by Crippen LogP contribution is 2.43. The summed E-state index contributed by atoms with van der Waals surface area (Å²) in [6.07, 6.45) is 0. The smallest absolute Gasteiger partial charge is 0.254 e. The van der Waals surface area contributed by atoms with Crippen molar-refractivity contribution in [3.05, 3.63) is 122 Å². The molecule has 1 amide bonds. The number of nitrogens with zero attached hydrogens (tertiary/aromatic N) is 1. The Balaban J connectivity index is 1.70. The second kappa shape index (κ2) is 11.5. The molecule has 0 radical (unpaired) electrons. The van der Waals surface area contributed by atoms with Crippen molar-refractivity contribution >= 4 is 40.7 Å². The summed E-state index contributed by atoms with van der Waals surface area (Å²) in [4.78, 5) is 26.3. The minimum Gasteiger partial charge on any atom is -0.353 e. The van der Waals surface area contributed by atoms with Crippen LogP contribution in [-0.2, 0) is 4.79 Å². The first-order valence-electron chi connectivity index (χ1n) is 11.4. The second-order valence-electron chi connectivity index (χ2n) is 8.46. The zero-order chi connectivity index (χ0) is 26.5. The number of amides is 1. The number of thioether (sulfide) groups is 1. The van der Waals surface area contributed by atoms with Gasteiger partial charge in [0.15, 0.2) is 5.78 Å².